The number of hydrogen-bond donors (Lipinski definition) is 1. The van der Waals surface area contributed by atoms with E-state index in [4.69, 9.17) is 18.9 Å². The molecule has 0 spiro atoms. The standard InChI is InChI=1S/C28H27N3O7/c1-3-36-22-9-4-6-19(13-22)29-26(32)15-23-27(33)31(20-7-5-8-21(14-20)35-2)28(34)30(23)16-18-10-11-24-25(12-18)38-17-37-24/h4-14,23H,3,15-17H2,1-2H3,(H,29,32)/t23-/m0/s1. The first kappa shape index (κ1) is 24.9. The fourth-order valence-electron chi connectivity index (χ4n) is 4.45. The summed E-state index contributed by atoms with van der Waals surface area (Å²) in [6, 6.07) is 17.4. The van der Waals surface area contributed by atoms with Crippen molar-refractivity contribution in [2.75, 3.05) is 30.7 Å². The van der Waals surface area contributed by atoms with Crippen molar-refractivity contribution in [3.63, 3.8) is 0 Å². The molecule has 2 heterocycles. The molecule has 2 aliphatic heterocycles. The van der Waals surface area contributed by atoms with Gasteiger partial charge in [0.2, 0.25) is 12.7 Å². The van der Waals surface area contributed by atoms with E-state index in [2.05, 4.69) is 5.32 Å². The van der Waals surface area contributed by atoms with E-state index in [1.165, 1.54) is 12.0 Å². The number of benzene rings is 3. The normalized spacial score (nSPS) is 16.1. The van der Waals surface area contributed by atoms with Crippen molar-refractivity contribution < 1.29 is 33.3 Å². The van der Waals surface area contributed by atoms with E-state index in [1.807, 2.05) is 6.92 Å². The molecule has 10 nitrogen and oxygen atoms in total. The van der Waals surface area contributed by atoms with Gasteiger partial charge in [-0.15, -0.1) is 0 Å². The molecule has 0 aromatic heterocycles. The molecule has 1 atom stereocenters. The Morgan fingerprint density at radius 2 is 1.79 bits per heavy atom. The molecular weight excluding hydrogens is 490 g/mol. The van der Waals surface area contributed by atoms with E-state index >= 15 is 0 Å². The number of anilines is 2. The van der Waals surface area contributed by atoms with Crippen molar-refractivity contribution in [3.05, 3.63) is 72.3 Å². The van der Waals surface area contributed by atoms with Crippen molar-refractivity contribution in [3.8, 4) is 23.0 Å². The minimum atomic E-state index is -1.02. The molecule has 196 valence electrons. The molecule has 38 heavy (non-hydrogen) atoms. The van der Waals surface area contributed by atoms with Gasteiger partial charge in [-0.1, -0.05) is 18.2 Å². The van der Waals surface area contributed by atoms with Crippen LogP contribution in [0.5, 0.6) is 23.0 Å². The molecule has 0 aliphatic carbocycles. The predicted octanol–water partition coefficient (Wildman–Crippen LogP) is 4.19. The van der Waals surface area contributed by atoms with Gasteiger partial charge < -0.3 is 29.2 Å². The molecule has 1 saturated heterocycles. The summed E-state index contributed by atoms with van der Waals surface area (Å²) in [4.78, 5) is 42.8. The Balaban J connectivity index is 1.41. The first-order valence-corrected chi connectivity index (χ1v) is 12.2. The number of nitrogens with zero attached hydrogens (tertiary/aromatic N) is 2. The van der Waals surface area contributed by atoms with Crippen LogP contribution in [0.15, 0.2) is 66.7 Å². The molecule has 10 heteroatoms. The molecule has 3 aromatic carbocycles. The van der Waals surface area contributed by atoms with Crippen LogP contribution < -0.4 is 29.2 Å². The zero-order valence-corrected chi connectivity index (χ0v) is 21.0. The summed E-state index contributed by atoms with van der Waals surface area (Å²) in [6.45, 7) is 2.58. The van der Waals surface area contributed by atoms with Crippen molar-refractivity contribution in [1.82, 2.24) is 4.90 Å². The van der Waals surface area contributed by atoms with Crippen LogP contribution in [-0.2, 0) is 16.1 Å². The average Bonchev–Trinajstić information content (AvgIpc) is 3.47. The molecule has 0 bridgehead atoms. The topological polar surface area (TPSA) is 107 Å². The molecule has 2 aliphatic rings. The third-order valence-corrected chi connectivity index (χ3v) is 6.23. The molecule has 5 rings (SSSR count). The largest absolute Gasteiger partial charge is 0.497 e. The number of amides is 4. The van der Waals surface area contributed by atoms with Crippen LogP contribution in [0, 0.1) is 0 Å². The van der Waals surface area contributed by atoms with Gasteiger partial charge in [-0.2, -0.15) is 0 Å². The first-order chi connectivity index (χ1) is 18.5. The zero-order valence-electron chi connectivity index (χ0n) is 21.0. The summed E-state index contributed by atoms with van der Waals surface area (Å²) >= 11 is 0. The molecule has 3 aromatic rings. The van der Waals surface area contributed by atoms with E-state index < -0.39 is 23.9 Å². The third kappa shape index (κ3) is 5.06. The SMILES string of the molecule is CCOc1cccc(NC(=O)C[C@H]2C(=O)N(c3cccc(OC)c3)C(=O)N2Cc2ccc3c(c2)OCO3)c1. The summed E-state index contributed by atoms with van der Waals surface area (Å²) in [7, 11) is 1.51. The Labute approximate surface area is 219 Å². The number of ether oxygens (including phenoxy) is 4. The van der Waals surface area contributed by atoms with E-state index in [1.54, 1.807) is 66.7 Å². The lowest BCUT2D eigenvalue weighted by molar-refractivity contribution is -0.124. The molecule has 1 fully saturated rings. The fourth-order valence-corrected chi connectivity index (χ4v) is 4.45. The monoisotopic (exact) mass is 517 g/mol. The maximum Gasteiger partial charge on any atom is 0.332 e. The highest BCUT2D eigenvalue weighted by molar-refractivity contribution is 6.22. The molecule has 4 amide bonds. The zero-order chi connectivity index (χ0) is 26.6. The van der Waals surface area contributed by atoms with Crippen LogP contribution in [0.1, 0.15) is 18.9 Å². The predicted molar refractivity (Wildman–Crippen MR) is 139 cm³/mol. The summed E-state index contributed by atoms with van der Waals surface area (Å²) < 4.78 is 21.6. The number of carbonyl (C=O) groups is 3. The van der Waals surface area contributed by atoms with Gasteiger partial charge in [-0.3, -0.25) is 9.59 Å². The second-order valence-electron chi connectivity index (χ2n) is 8.70. The lowest BCUT2D eigenvalue weighted by atomic mass is 10.1. The van der Waals surface area contributed by atoms with Crippen LogP contribution in [0.2, 0.25) is 0 Å². The number of urea groups is 1. The summed E-state index contributed by atoms with van der Waals surface area (Å²) in [5.74, 6) is 1.39. The lowest BCUT2D eigenvalue weighted by Crippen LogP contribution is -2.37. The van der Waals surface area contributed by atoms with Crippen LogP contribution in [0.3, 0.4) is 0 Å². The molecule has 0 unspecified atom stereocenters. The van der Waals surface area contributed by atoms with Gasteiger partial charge in [-0.25, -0.2) is 9.69 Å². The summed E-state index contributed by atoms with van der Waals surface area (Å²) in [5.41, 5.74) is 1.63. The Morgan fingerprint density at radius 3 is 2.61 bits per heavy atom. The van der Waals surface area contributed by atoms with E-state index in [0.29, 0.717) is 41.0 Å². The first-order valence-electron chi connectivity index (χ1n) is 12.2. The summed E-state index contributed by atoms with van der Waals surface area (Å²) in [5, 5.41) is 2.81. The van der Waals surface area contributed by atoms with Crippen molar-refractivity contribution in [1.29, 1.82) is 0 Å². The molecular formula is C28H27N3O7. The highest BCUT2D eigenvalue weighted by Gasteiger charge is 2.46. The second kappa shape index (κ2) is 10.7. The van der Waals surface area contributed by atoms with Gasteiger partial charge in [0, 0.05) is 24.4 Å². The minimum Gasteiger partial charge on any atom is -0.497 e. The highest BCUT2D eigenvalue weighted by Crippen LogP contribution is 2.35. The molecule has 1 N–H and O–H groups in total. The van der Waals surface area contributed by atoms with E-state index in [0.717, 1.165) is 10.5 Å². The van der Waals surface area contributed by atoms with E-state index in [-0.39, 0.29) is 19.8 Å². The van der Waals surface area contributed by atoms with E-state index in [9.17, 15) is 14.4 Å². The molecule has 0 radical (unpaired) electrons. The second-order valence-corrected chi connectivity index (χ2v) is 8.70. The number of fused-ring (bicyclic) bond motifs is 1. The summed E-state index contributed by atoms with van der Waals surface area (Å²) in [6.07, 6.45) is -0.228. The van der Waals surface area contributed by atoms with Crippen molar-refractivity contribution in [2.45, 2.75) is 25.9 Å². The number of carbonyl (C=O) groups excluding carboxylic acids is 3. The Bertz CT molecular complexity index is 1380. The van der Waals surface area contributed by atoms with Crippen molar-refractivity contribution >= 4 is 29.2 Å². The fraction of sp³-hybridized carbons (Fsp3) is 0.250. The molecule has 0 saturated carbocycles. The average molecular weight is 518 g/mol. The van der Waals surface area contributed by atoms with Crippen LogP contribution >= 0.6 is 0 Å². The van der Waals surface area contributed by atoms with Gasteiger partial charge in [0.1, 0.15) is 17.5 Å². The quantitative estimate of drug-likeness (QED) is 0.424. The smallest absolute Gasteiger partial charge is 0.332 e. The number of methoxy groups -OCH3 is 1. The number of rotatable bonds is 9. The Hall–Kier alpha value is -4.73. The Kier molecular flexibility index (Phi) is 7.03. The highest BCUT2D eigenvalue weighted by atomic mass is 16.7. The number of nitrogens with one attached hydrogen (secondary N) is 1. The van der Waals surface area contributed by atoms with Crippen LogP contribution in [0.4, 0.5) is 16.2 Å². The van der Waals surface area contributed by atoms with Gasteiger partial charge in [0.15, 0.2) is 11.5 Å². The maximum absolute atomic E-state index is 13.6. The third-order valence-electron chi connectivity index (χ3n) is 6.23. The Morgan fingerprint density at radius 1 is 1.00 bits per heavy atom. The van der Waals surface area contributed by atoms with Gasteiger partial charge in [0.25, 0.3) is 5.91 Å². The van der Waals surface area contributed by atoms with Crippen LogP contribution in [-0.4, -0.2) is 49.3 Å². The van der Waals surface area contributed by atoms with Gasteiger partial charge in [-0.05, 0) is 48.9 Å². The van der Waals surface area contributed by atoms with Gasteiger partial charge >= 0.3 is 6.03 Å². The van der Waals surface area contributed by atoms with Crippen LogP contribution in [0.25, 0.3) is 0 Å². The minimum absolute atomic E-state index is 0.0967. The number of hydrogen-bond acceptors (Lipinski definition) is 7. The van der Waals surface area contributed by atoms with Gasteiger partial charge in [0.05, 0.1) is 25.8 Å². The lowest BCUT2D eigenvalue weighted by Gasteiger charge is -2.22. The maximum atomic E-state index is 13.6. The number of imide groups is 1. The van der Waals surface area contributed by atoms with Crippen molar-refractivity contribution in [2.24, 2.45) is 0 Å².